The zero-order valence-electron chi connectivity index (χ0n) is 10.5. The number of aliphatic imine (C=N–C) groups is 1. The molecule has 0 amide bonds. The zero-order valence-corrected chi connectivity index (χ0v) is 10.5. The molecule has 0 saturated carbocycles. The van der Waals surface area contributed by atoms with Crippen LogP contribution in [0.1, 0.15) is 25.0 Å². The quantitative estimate of drug-likeness (QED) is 0.654. The number of benzene rings is 1. The minimum Gasteiger partial charge on any atom is -0.491 e. The molecule has 3 N–H and O–H groups in total. The SMILES string of the molecule is CC(C)Oc1cc(C(N)=NC=N)cc(C(F)(F)F)c1. The summed E-state index contributed by atoms with van der Waals surface area (Å²) < 4.78 is 43.5. The molecular weight excluding hydrogens is 259 g/mol. The van der Waals surface area contributed by atoms with Gasteiger partial charge in [0.05, 0.1) is 11.7 Å². The molecule has 0 aliphatic heterocycles. The van der Waals surface area contributed by atoms with E-state index in [0.29, 0.717) is 6.34 Å². The molecule has 0 atom stereocenters. The molecule has 0 aliphatic rings. The Morgan fingerprint density at radius 1 is 1.37 bits per heavy atom. The Bertz CT molecular complexity index is 495. The molecule has 0 aromatic heterocycles. The van der Waals surface area contributed by atoms with Gasteiger partial charge < -0.3 is 10.5 Å². The van der Waals surface area contributed by atoms with Gasteiger partial charge in [0.1, 0.15) is 17.9 Å². The van der Waals surface area contributed by atoms with E-state index in [9.17, 15) is 13.2 Å². The van der Waals surface area contributed by atoms with Gasteiger partial charge in [0.15, 0.2) is 0 Å². The molecule has 0 bridgehead atoms. The van der Waals surface area contributed by atoms with Crippen molar-refractivity contribution < 1.29 is 17.9 Å². The van der Waals surface area contributed by atoms with Crippen LogP contribution in [-0.4, -0.2) is 18.3 Å². The van der Waals surface area contributed by atoms with Crippen molar-refractivity contribution in [1.29, 1.82) is 5.41 Å². The highest BCUT2D eigenvalue weighted by Crippen LogP contribution is 2.32. The van der Waals surface area contributed by atoms with Gasteiger partial charge in [-0.15, -0.1) is 0 Å². The first-order valence-electron chi connectivity index (χ1n) is 5.45. The Balaban J connectivity index is 3.32. The molecule has 4 nitrogen and oxygen atoms in total. The Hall–Kier alpha value is -2.05. The minimum absolute atomic E-state index is 0.0583. The maximum absolute atomic E-state index is 12.8. The van der Waals surface area contributed by atoms with Gasteiger partial charge in [0.2, 0.25) is 0 Å². The molecule has 0 heterocycles. The number of nitrogens with two attached hydrogens (primary N) is 1. The van der Waals surface area contributed by atoms with Crippen molar-refractivity contribution in [3.63, 3.8) is 0 Å². The number of ether oxygens (including phenoxy) is 1. The first-order chi connectivity index (χ1) is 8.74. The number of hydrogen-bond donors (Lipinski definition) is 2. The van der Waals surface area contributed by atoms with Crippen LogP contribution < -0.4 is 10.5 Å². The van der Waals surface area contributed by atoms with Gasteiger partial charge >= 0.3 is 6.18 Å². The highest BCUT2D eigenvalue weighted by molar-refractivity contribution is 6.01. The third-order valence-electron chi connectivity index (χ3n) is 2.11. The van der Waals surface area contributed by atoms with Crippen LogP contribution in [0.3, 0.4) is 0 Å². The molecule has 0 radical (unpaired) electrons. The number of hydrogen-bond acceptors (Lipinski definition) is 2. The third-order valence-corrected chi connectivity index (χ3v) is 2.11. The number of halogens is 3. The Labute approximate surface area is 108 Å². The highest BCUT2D eigenvalue weighted by atomic mass is 19.4. The number of amidine groups is 1. The zero-order chi connectivity index (χ0) is 14.6. The van der Waals surface area contributed by atoms with E-state index in [1.54, 1.807) is 13.8 Å². The standard InChI is InChI=1S/C12H14F3N3O/c1-7(2)19-10-4-8(11(17)18-6-16)3-9(5-10)12(13,14)15/h3-7H,1-2H3,(H3,16,17,18). The van der Waals surface area contributed by atoms with Gasteiger partial charge in [-0.05, 0) is 32.0 Å². The fourth-order valence-electron chi connectivity index (χ4n) is 1.39. The van der Waals surface area contributed by atoms with Crippen LogP contribution in [-0.2, 0) is 6.18 Å². The summed E-state index contributed by atoms with van der Waals surface area (Å²) in [6.45, 7) is 3.41. The molecule has 0 fully saturated rings. The van der Waals surface area contributed by atoms with Crippen LogP contribution in [0.5, 0.6) is 5.75 Å². The van der Waals surface area contributed by atoms with Crippen LogP contribution in [0.15, 0.2) is 23.2 Å². The monoisotopic (exact) mass is 273 g/mol. The van der Waals surface area contributed by atoms with E-state index in [4.69, 9.17) is 15.9 Å². The van der Waals surface area contributed by atoms with Crippen molar-refractivity contribution >= 4 is 12.2 Å². The van der Waals surface area contributed by atoms with Gasteiger partial charge in [-0.2, -0.15) is 13.2 Å². The first kappa shape index (κ1) is 15.0. The lowest BCUT2D eigenvalue weighted by atomic mass is 10.1. The summed E-state index contributed by atoms with van der Waals surface area (Å²) in [5.41, 5.74) is 4.69. The fraction of sp³-hybridized carbons (Fsp3) is 0.333. The smallest absolute Gasteiger partial charge is 0.416 e. The van der Waals surface area contributed by atoms with E-state index < -0.39 is 11.7 Å². The lowest BCUT2D eigenvalue weighted by Gasteiger charge is -2.14. The second-order valence-corrected chi connectivity index (χ2v) is 4.05. The normalized spacial score (nSPS) is 12.6. The van der Waals surface area contributed by atoms with Gasteiger partial charge in [0.25, 0.3) is 0 Å². The van der Waals surface area contributed by atoms with Gasteiger partial charge in [-0.3, -0.25) is 5.41 Å². The number of nitrogens with zero attached hydrogens (tertiary/aromatic N) is 1. The maximum atomic E-state index is 12.8. The molecule has 0 aliphatic carbocycles. The van der Waals surface area contributed by atoms with Gasteiger partial charge in [-0.1, -0.05) is 0 Å². The van der Waals surface area contributed by atoms with Crippen LogP contribution in [0, 0.1) is 5.41 Å². The Kier molecular flexibility index (Phi) is 4.52. The van der Waals surface area contributed by atoms with E-state index in [2.05, 4.69) is 4.99 Å². The van der Waals surface area contributed by atoms with Crippen molar-refractivity contribution in [2.75, 3.05) is 0 Å². The largest absolute Gasteiger partial charge is 0.491 e. The van der Waals surface area contributed by atoms with E-state index in [0.717, 1.165) is 12.1 Å². The second kappa shape index (κ2) is 5.73. The van der Waals surface area contributed by atoms with E-state index in [-0.39, 0.29) is 23.3 Å². The molecule has 0 spiro atoms. The average Bonchev–Trinajstić information content (AvgIpc) is 2.26. The fourth-order valence-corrected chi connectivity index (χ4v) is 1.39. The van der Waals surface area contributed by atoms with Crippen molar-refractivity contribution in [2.24, 2.45) is 10.7 Å². The highest BCUT2D eigenvalue weighted by Gasteiger charge is 2.31. The van der Waals surface area contributed by atoms with Crippen LogP contribution in [0.25, 0.3) is 0 Å². The van der Waals surface area contributed by atoms with Crippen LogP contribution >= 0.6 is 0 Å². The van der Waals surface area contributed by atoms with Crippen LogP contribution in [0.2, 0.25) is 0 Å². The first-order valence-corrected chi connectivity index (χ1v) is 5.45. The summed E-state index contributed by atoms with van der Waals surface area (Å²) in [7, 11) is 0. The summed E-state index contributed by atoms with van der Waals surface area (Å²) in [5.74, 6) is -0.113. The number of rotatable bonds is 4. The van der Waals surface area contributed by atoms with Crippen LogP contribution in [0.4, 0.5) is 13.2 Å². The molecule has 0 saturated heterocycles. The Morgan fingerprint density at radius 2 is 2.00 bits per heavy atom. The number of nitrogens with one attached hydrogen (secondary N) is 1. The summed E-state index contributed by atoms with van der Waals surface area (Å²) in [6.07, 6.45) is -4.11. The molecule has 1 rings (SSSR count). The van der Waals surface area contributed by atoms with E-state index >= 15 is 0 Å². The maximum Gasteiger partial charge on any atom is 0.416 e. The summed E-state index contributed by atoms with van der Waals surface area (Å²) in [5, 5.41) is 6.78. The second-order valence-electron chi connectivity index (χ2n) is 4.05. The van der Waals surface area contributed by atoms with Gasteiger partial charge in [-0.25, -0.2) is 4.99 Å². The van der Waals surface area contributed by atoms with Crippen molar-refractivity contribution in [3.8, 4) is 5.75 Å². The predicted octanol–water partition coefficient (Wildman–Crippen LogP) is 2.80. The van der Waals surface area contributed by atoms with Gasteiger partial charge in [0, 0.05) is 5.56 Å². The molecule has 7 heteroatoms. The average molecular weight is 273 g/mol. The minimum atomic E-state index is -4.50. The summed E-state index contributed by atoms with van der Waals surface area (Å²) in [6, 6.07) is 3.13. The van der Waals surface area contributed by atoms with E-state index in [1.807, 2.05) is 0 Å². The molecular formula is C12H14F3N3O. The lowest BCUT2D eigenvalue weighted by molar-refractivity contribution is -0.137. The van der Waals surface area contributed by atoms with Crippen molar-refractivity contribution in [1.82, 2.24) is 0 Å². The molecule has 104 valence electrons. The molecule has 19 heavy (non-hydrogen) atoms. The molecule has 0 unspecified atom stereocenters. The number of alkyl halides is 3. The predicted molar refractivity (Wildman–Crippen MR) is 66.7 cm³/mol. The van der Waals surface area contributed by atoms with E-state index in [1.165, 1.54) is 6.07 Å². The van der Waals surface area contributed by atoms with Crippen molar-refractivity contribution in [2.45, 2.75) is 26.1 Å². The molecule has 1 aromatic rings. The lowest BCUT2D eigenvalue weighted by Crippen LogP contribution is -2.16. The summed E-state index contributed by atoms with van der Waals surface area (Å²) >= 11 is 0. The van der Waals surface area contributed by atoms with Crippen molar-refractivity contribution in [3.05, 3.63) is 29.3 Å². The Morgan fingerprint density at radius 3 is 2.47 bits per heavy atom. The topological polar surface area (TPSA) is 71.5 Å². The third kappa shape index (κ3) is 4.27. The summed E-state index contributed by atoms with van der Waals surface area (Å²) in [4.78, 5) is 3.45. The molecule has 1 aromatic carbocycles.